The molecule has 2 atom stereocenters. The molecule has 4 aliphatic rings. The number of hydrogen-bond acceptors (Lipinski definition) is 4. The zero-order valence-corrected chi connectivity index (χ0v) is 16.0. The van der Waals surface area contributed by atoms with Crippen LogP contribution in [0, 0.1) is 12.3 Å². The van der Waals surface area contributed by atoms with E-state index in [2.05, 4.69) is 34.0 Å². The minimum atomic E-state index is -0.786. The SMILES string of the molecule is Cc1onc2c1CC1(CC2)Cc2ccc(C3CC3)cc2C12NC(=S)NC2=O. The molecule has 2 unspecified atom stereocenters. The molecule has 1 aliphatic heterocycles. The first kappa shape index (κ1) is 15.8. The molecule has 5 nitrogen and oxygen atoms in total. The van der Waals surface area contributed by atoms with Gasteiger partial charge in [0, 0.05) is 11.0 Å². The quantitative estimate of drug-likeness (QED) is 0.746. The molecular formula is C21H21N3O2S. The summed E-state index contributed by atoms with van der Waals surface area (Å²) in [6, 6.07) is 6.78. The fraction of sp³-hybridized carbons (Fsp3) is 0.476. The lowest BCUT2D eigenvalue weighted by Crippen LogP contribution is -2.57. The first-order valence-corrected chi connectivity index (χ1v) is 10.1. The van der Waals surface area contributed by atoms with Crippen LogP contribution in [-0.2, 0) is 29.6 Å². The van der Waals surface area contributed by atoms with Gasteiger partial charge in [-0.15, -0.1) is 0 Å². The number of carbonyl (C=O) groups excluding carboxylic acids is 1. The number of aryl methyl sites for hydroxylation is 2. The van der Waals surface area contributed by atoms with Gasteiger partial charge < -0.3 is 15.2 Å². The number of nitrogens with zero attached hydrogens (tertiary/aromatic N) is 1. The zero-order chi connectivity index (χ0) is 18.4. The Kier molecular flexibility index (Phi) is 2.92. The average Bonchev–Trinajstić information content (AvgIpc) is 3.31. The number of carbonyl (C=O) groups is 1. The summed E-state index contributed by atoms with van der Waals surface area (Å²) in [5.41, 5.74) is 4.94. The fourth-order valence-electron chi connectivity index (χ4n) is 5.68. The third kappa shape index (κ3) is 1.92. The van der Waals surface area contributed by atoms with E-state index in [-0.39, 0.29) is 11.3 Å². The molecule has 138 valence electrons. The Bertz CT molecular complexity index is 1020. The molecule has 2 fully saturated rings. The van der Waals surface area contributed by atoms with Crippen LogP contribution in [0.15, 0.2) is 22.7 Å². The Morgan fingerprint density at radius 1 is 1.30 bits per heavy atom. The van der Waals surface area contributed by atoms with Gasteiger partial charge in [0.2, 0.25) is 0 Å². The summed E-state index contributed by atoms with van der Waals surface area (Å²) in [6.07, 6.45) is 5.88. The molecule has 0 radical (unpaired) electrons. The van der Waals surface area contributed by atoms with Crippen LogP contribution in [0.4, 0.5) is 0 Å². The van der Waals surface area contributed by atoms with Gasteiger partial charge in [-0.25, -0.2) is 0 Å². The van der Waals surface area contributed by atoms with Crippen LogP contribution in [0.2, 0.25) is 0 Å². The summed E-state index contributed by atoms with van der Waals surface area (Å²) >= 11 is 5.40. The van der Waals surface area contributed by atoms with Crippen molar-refractivity contribution in [2.75, 3.05) is 0 Å². The number of hydrogen-bond donors (Lipinski definition) is 2. The lowest BCUT2D eigenvalue weighted by molar-refractivity contribution is -0.129. The monoisotopic (exact) mass is 379 g/mol. The fourth-order valence-corrected chi connectivity index (χ4v) is 5.93. The number of thiocarbonyl (C=S) groups is 1. The van der Waals surface area contributed by atoms with Crippen LogP contribution >= 0.6 is 12.2 Å². The van der Waals surface area contributed by atoms with E-state index in [1.807, 2.05) is 6.92 Å². The van der Waals surface area contributed by atoms with Crippen LogP contribution in [0.3, 0.4) is 0 Å². The summed E-state index contributed by atoms with van der Waals surface area (Å²) in [4.78, 5) is 13.4. The van der Waals surface area contributed by atoms with Crippen molar-refractivity contribution in [3.05, 3.63) is 51.9 Å². The number of rotatable bonds is 1. The van der Waals surface area contributed by atoms with E-state index in [9.17, 15) is 4.79 Å². The molecule has 2 spiro atoms. The van der Waals surface area contributed by atoms with Gasteiger partial charge in [-0.3, -0.25) is 4.79 Å². The summed E-state index contributed by atoms with van der Waals surface area (Å²) in [5, 5.41) is 11.0. The highest BCUT2D eigenvalue weighted by atomic mass is 32.1. The maximum Gasteiger partial charge on any atom is 0.257 e. The van der Waals surface area contributed by atoms with Crippen LogP contribution in [-0.4, -0.2) is 16.2 Å². The standard InChI is InChI=1S/C21H21N3O2S/c1-11-15-10-20(7-6-17(15)24-26-11)9-14-5-4-13(12-2-3-12)8-16(14)21(20)18(25)22-19(27)23-21/h4-5,8,12H,2-3,6-7,9-10H2,1H3,(H2,22,23,25,27). The van der Waals surface area contributed by atoms with E-state index in [1.54, 1.807) is 0 Å². The second-order valence-electron chi connectivity index (χ2n) is 8.65. The van der Waals surface area contributed by atoms with Gasteiger partial charge in [0.25, 0.3) is 5.91 Å². The molecule has 1 saturated carbocycles. The largest absolute Gasteiger partial charge is 0.361 e. The van der Waals surface area contributed by atoms with E-state index in [0.29, 0.717) is 11.0 Å². The molecule has 1 amide bonds. The van der Waals surface area contributed by atoms with Crippen molar-refractivity contribution in [2.24, 2.45) is 5.41 Å². The van der Waals surface area contributed by atoms with Crippen molar-refractivity contribution in [2.45, 2.75) is 56.9 Å². The summed E-state index contributed by atoms with van der Waals surface area (Å²) in [5.74, 6) is 1.52. The Balaban J connectivity index is 1.56. The second kappa shape index (κ2) is 4.98. The summed E-state index contributed by atoms with van der Waals surface area (Å²) < 4.78 is 5.46. The summed E-state index contributed by atoms with van der Waals surface area (Å²) in [6.45, 7) is 1.97. The molecule has 6 heteroatoms. The van der Waals surface area contributed by atoms with Crippen molar-refractivity contribution >= 4 is 23.2 Å². The molecule has 27 heavy (non-hydrogen) atoms. The Morgan fingerprint density at radius 2 is 2.15 bits per heavy atom. The lowest BCUT2D eigenvalue weighted by Gasteiger charge is -2.44. The van der Waals surface area contributed by atoms with Crippen molar-refractivity contribution in [1.82, 2.24) is 15.8 Å². The smallest absolute Gasteiger partial charge is 0.257 e. The predicted octanol–water partition coefficient (Wildman–Crippen LogP) is 2.79. The van der Waals surface area contributed by atoms with E-state index in [0.717, 1.165) is 42.7 Å². The molecule has 1 aromatic heterocycles. The third-order valence-corrected chi connectivity index (χ3v) is 7.41. The molecule has 6 rings (SSSR count). The van der Waals surface area contributed by atoms with Crippen molar-refractivity contribution < 1.29 is 9.32 Å². The minimum Gasteiger partial charge on any atom is -0.361 e. The number of fused-ring (bicyclic) bond motifs is 4. The molecule has 2 aromatic rings. The number of amides is 1. The first-order chi connectivity index (χ1) is 13.0. The predicted molar refractivity (Wildman–Crippen MR) is 103 cm³/mol. The number of aromatic nitrogens is 1. The number of benzene rings is 1. The third-order valence-electron chi connectivity index (χ3n) is 7.20. The van der Waals surface area contributed by atoms with E-state index in [1.165, 1.54) is 29.5 Å². The topological polar surface area (TPSA) is 67.2 Å². The van der Waals surface area contributed by atoms with Gasteiger partial charge in [-0.05, 0) is 80.3 Å². The van der Waals surface area contributed by atoms with Crippen molar-refractivity contribution in [3.63, 3.8) is 0 Å². The molecular weight excluding hydrogens is 358 g/mol. The maximum atomic E-state index is 13.4. The Morgan fingerprint density at radius 3 is 2.89 bits per heavy atom. The maximum absolute atomic E-state index is 13.4. The van der Waals surface area contributed by atoms with Gasteiger partial charge in [-0.2, -0.15) is 0 Å². The van der Waals surface area contributed by atoms with Crippen LogP contribution in [0.5, 0.6) is 0 Å². The van der Waals surface area contributed by atoms with Crippen LogP contribution in [0.1, 0.15) is 58.9 Å². The molecule has 2 heterocycles. The van der Waals surface area contributed by atoms with Gasteiger partial charge in [0.05, 0.1) is 5.69 Å². The molecule has 3 aliphatic carbocycles. The Labute approximate surface area is 162 Å². The van der Waals surface area contributed by atoms with Gasteiger partial charge in [0.1, 0.15) is 5.76 Å². The van der Waals surface area contributed by atoms with Gasteiger partial charge in [-0.1, -0.05) is 23.4 Å². The molecule has 1 aromatic carbocycles. The van der Waals surface area contributed by atoms with Gasteiger partial charge >= 0.3 is 0 Å². The second-order valence-corrected chi connectivity index (χ2v) is 9.06. The number of nitrogens with one attached hydrogen (secondary N) is 2. The van der Waals surface area contributed by atoms with Crippen LogP contribution < -0.4 is 10.6 Å². The molecule has 1 saturated heterocycles. The highest BCUT2D eigenvalue weighted by Crippen LogP contribution is 2.58. The van der Waals surface area contributed by atoms with Crippen LogP contribution in [0.25, 0.3) is 0 Å². The Hall–Kier alpha value is -2.21. The van der Waals surface area contributed by atoms with Crippen molar-refractivity contribution in [1.29, 1.82) is 0 Å². The average molecular weight is 379 g/mol. The highest BCUT2D eigenvalue weighted by molar-refractivity contribution is 7.80. The zero-order valence-electron chi connectivity index (χ0n) is 15.2. The van der Waals surface area contributed by atoms with E-state index >= 15 is 0 Å². The highest BCUT2D eigenvalue weighted by Gasteiger charge is 2.65. The van der Waals surface area contributed by atoms with Gasteiger partial charge in [0.15, 0.2) is 10.7 Å². The summed E-state index contributed by atoms with van der Waals surface area (Å²) in [7, 11) is 0. The molecule has 0 bridgehead atoms. The minimum absolute atomic E-state index is 0.00301. The van der Waals surface area contributed by atoms with Crippen molar-refractivity contribution in [3.8, 4) is 0 Å². The molecule has 2 N–H and O–H groups in total. The lowest BCUT2D eigenvalue weighted by atomic mass is 9.61. The van der Waals surface area contributed by atoms with E-state index in [4.69, 9.17) is 16.7 Å². The first-order valence-electron chi connectivity index (χ1n) is 9.73. The normalized spacial score (nSPS) is 31.1. The van der Waals surface area contributed by atoms with E-state index < -0.39 is 5.54 Å².